The molecule has 0 unspecified atom stereocenters. The molecule has 0 bridgehead atoms. The number of hydrogen-bond donors (Lipinski definition) is 2. The maximum absolute atomic E-state index is 12.1. The Hall–Kier alpha value is -0.950. The molecule has 0 saturated heterocycles. The van der Waals surface area contributed by atoms with Crippen molar-refractivity contribution < 1.29 is 8.42 Å². The highest BCUT2D eigenvalue weighted by Crippen LogP contribution is 2.28. The number of nitrogens with one attached hydrogen (secondary N) is 1. The zero-order valence-electron chi connectivity index (χ0n) is 11.6. The fraction of sp³-hybridized carbons (Fsp3) is 0.200. The van der Waals surface area contributed by atoms with E-state index >= 15 is 0 Å². The standard InChI is InChI=1S/C15H17NO2S3/c1-12(11-19)16-21(17,18)15-9-7-14(8-10-15)20-13-5-3-2-4-6-13/h2-10,12,16,19H,11H2,1H3/t12-/m1/s1. The predicted octanol–water partition coefficient (Wildman–Crippen LogP) is 3.43. The molecule has 0 saturated carbocycles. The summed E-state index contributed by atoms with van der Waals surface area (Å²) < 4.78 is 26.8. The molecule has 0 amide bonds. The third kappa shape index (κ3) is 4.78. The van der Waals surface area contributed by atoms with Gasteiger partial charge in [0.15, 0.2) is 0 Å². The summed E-state index contributed by atoms with van der Waals surface area (Å²) in [6.45, 7) is 1.78. The molecule has 0 fully saturated rings. The average Bonchev–Trinajstić information content (AvgIpc) is 2.48. The maximum Gasteiger partial charge on any atom is 0.240 e. The lowest BCUT2D eigenvalue weighted by Crippen LogP contribution is -2.33. The van der Waals surface area contributed by atoms with E-state index in [1.165, 1.54) is 0 Å². The highest BCUT2D eigenvalue weighted by molar-refractivity contribution is 7.99. The van der Waals surface area contributed by atoms with E-state index in [-0.39, 0.29) is 10.9 Å². The molecule has 0 radical (unpaired) electrons. The number of hydrogen-bond acceptors (Lipinski definition) is 4. The Balaban J connectivity index is 2.12. The molecule has 0 aliphatic heterocycles. The summed E-state index contributed by atoms with van der Waals surface area (Å²) in [7, 11) is -3.47. The van der Waals surface area contributed by atoms with Gasteiger partial charge in [-0.05, 0) is 43.3 Å². The predicted molar refractivity (Wildman–Crippen MR) is 90.6 cm³/mol. The van der Waals surface area contributed by atoms with Gasteiger partial charge in [0, 0.05) is 21.6 Å². The zero-order valence-corrected chi connectivity index (χ0v) is 14.1. The van der Waals surface area contributed by atoms with Crippen molar-refractivity contribution >= 4 is 34.4 Å². The van der Waals surface area contributed by atoms with Crippen LogP contribution in [0.3, 0.4) is 0 Å². The molecule has 0 aliphatic carbocycles. The van der Waals surface area contributed by atoms with E-state index in [9.17, 15) is 8.42 Å². The Morgan fingerprint density at radius 2 is 1.62 bits per heavy atom. The van der Waals surface area contributed by atoms with Crippen LogP contribution in [0.2, 0.25) is 0 Å². The van der Waals surface area contributed by atoms with Crippen LogP contribution in [0.25, 0.3) is 0 Å². The van der Waals surface area contributed by atoms with Crippen LogP contribution in [0, 0.1) is 0 Å². The van der Waals surface area contributed by atoms with Gasteiger partial charge in [-0.2, -0.15) is 12.6 Å². The van der Waals surface area contributed by atoms with E-state index in [2.05, 4.69) is 17.4 Å². The number of rotatable bonds is 6. The fourth-order valence-electron chi connectivity index (χ4n) is 1.68. The summed E-state index contributed by atoms with van der Waals surface area (Å²) in [6, 6.07) is 16.6. The van der Waals surface area contributed by atoms with Crippen LogP contribution in [0.1, 0.15) is 6.92 Å². The molecule has 0 aromatic heterocycles. The van der Waals surface area contributed by atoms with Crippen LogP contribution in [0.5, 0.6) is 0 Å². The first-order valence-corrected chi connectivity index (χ1v) is 9.40. The molecule has 21 heavy (non-hydrogen) atoms. The van der Waals surface area contributed by atoms with Crippen molar-refractivity contribution in [3.63, 3.8) is 0 Å². The number of thiol groups is 1. The molecule has 0 heterocycles. The molecular formula is C15H17NO2S3. The molecule has 2 aromatic carbocycles. The van der Waals surface area contributed by atoms with Gasteiger partial charge < -0.3 is 0 Å². The average molecular weight is 340 g/mol. The second-order valence-electron chi connectivity index (χ2n) is 4.59. The fourth-order valence-corrected chi connectivity index (χ4v) is 3.98. The van der Waals surface area contributed by atoms with Crippen molar-refractivity contribution in [2.45, 2.75) is 27.7 Å². The minimum absolute atomic E-state index is 0.197. The summed E-state index contributed by atoms with van der Waals surface area (Å²) in [4.78, 5) is 2.39. The lowest BCUT2D eigenvalue weighted by atomic mass is 10.4. The van der Waals surface area contributed by atoms with Crippen LogP contribution in [0.4, 0.5) is 0 Å². The molecule has 2 rings (SSSR count). The Labute approximate surface area is 135 Å². The van der Waals surface area contributed by atoms with Gasteiger partial charge >= 0.3 is 0 Å². The largest absolute Gasteiger partial charge is 0.240 e. The van der Waals surface area contributed by atoms with Crippen LogP contribution in [-0.2, 0) is 10.0 Å². The first-order chi connectivity index (χ1) is 10.0. The number of benzene rings is 2. The highest BCUT2D eigenvalue weighted by Gasteiger charge is 2.16. The molecule has 2 aromatic rings. The quantitative estimate of drug-likeness (QED) is 0.793. The Bertz CT molecular complexity index is 670. The van der Waals surface area contributed by atoms with Gasteiger partial charge in [0.05, 0.1) is 4.90 Å². The van der Waals surface area contributed by atoms with Gasteiger partial charge in [0.2, 0.25) is 10.0 Å². The van der Waals surface area contributed by atoms with Gasteiger partial charge in [-0.3, -0.25) is 0 Å². The number of sulfonamides is 1. The lowest BCUT2D eigenvalue weighted by molar-refractivity contribution is 0.571. The summed E-state index contributed by atoms with van der Waals surface area (Å²) in [5.41, 5.74) is 0. The normalized spacial score (nSPS) is 13.0. The smallest absolute Gasteiger partial charge is 0.208 e. The van der Waals surface area contributed by atoms with E-state index in [1.807, 2.05) is 42.5 Å². The molecule has 0 aliphatic rings. The van der Waals surface area contributed by atoms with E-state index < -0.39 is 10.0 Å². The zero-order chi connectivity index (χ0) is 15.3. The topological polar surface area (TPSA) is 46.2 Å². The van der Waals surface area contributed by atoms with Crippen molar-refractivity contribution in [1.29, 1.82) is 0 Å². The minimum atomic E-state index is -3.47. The molecule has 1 atom stereocenters. The van der Waals surface area contributed by atoms with Gasteiger partial charge in [0.1, 0.15) is 0 Å². The third-order valence-electron chi connectivity index (χ3n) is 2.74. The van der Waals surface area contributed by atoms with Crippen LogP contribution in [-0.4, -0.2) is 20.2 Å². The Morgan fingerprint density at radius 3 is 2.19 bits per heavy atom. The third-order valence-corrected chi connectivity index (χ3v) is 5.91. The molecule has 112 valence electrons. The summed E-state index contributed by atoms with van der Waals surface area (Å²) in [5, 5.41) is 0. The van der Waals surface area contributed by atoms with Gasteiger partial charge in [-0.1, -0.05) is 30.0 Å². The van der Waals surface area contributed by atoms with Crippen molar-refractivity contribution in [3.8, 4) is 0 Å². The Kier molecular flexibility index (Phi) is 5.75. The van der Waals surface area contributed by atoms with Gasteiger partial charge in [-0.25, -0.2) is 13.1 Å². The minimum Gasteiger partial charge on any atom is -0.208 e. The summed E-state index contributed by atoms with van der Waals surface area (Å²) >= 11 is 5.68. The van der Waals surface area contributed by atoms with Gasteiger partial charge in [0.25, 0.3) is 0 Å². The van der Waals surface area contributed by atoms with E-state index in [0.29, 0.717) is 5.75 Å². The first kappa shape index (κ1) is 16.4. The molecule has 1 N–H and O–H groups in total. The van der Waals surface area contributed by atoms with Crippen LogP contribution >= 0.6 is 24.4 Å². The van der Waals surface area contributed by atoms with E-state index in [4.69, 9.17) is 0 Å². The molecule has 3 nitrogen and oxygen atoms in total. The summed E-state index contributed by atoms with van der Waals surface area (Å²) in [6.07, 6.45) is 0. The second-order valence-corrected chi connectivity index (χ2v) is 7.82. The van der Waals surface area contributed by atoms with Crippen molar-refractivity contribution in [2.75, 3.05) is 5.75 Å². The van der Waals surface area contributed by atoms with E-state index in [1.54, 1.807) is 30.8 Å². The first-order valence-electron chi connectivity index (χ1n) is 6.47. The highest BCUT2D eigenvalue weighted by atomic mass is 32.2. The van der Waals surface area contributed by atoms with Gasteiger partial charge in [-0.15, -0.1) is 0 Å². The SMILES string of the molecule is C[C@H](CS)NS(=O)(=O)c1ccc(Sc2ccccc2)cc1. The van der Waals surface area contributed by atoms with E-state index in [0.717, 1.165) is 9.79 Å². The Morgan fingerprint density at radius 1 is 1.05 bits per heavy atom. The van der Waals surface area contributed by atoms with Crippen LogP contribution < -0.4 is 4.72 Å². The van der Waals surface area contributed by atoms with Crippen molar-refractivity contribution in [2.24, 2.45) is 0 Å². The summed E-state index contributed by atoms with van der Waals surface area (Å²) in [5.74, 6) is 0.459. The monoisotopic (exact) mass is 339 g/mol. The molecule has 6 heteroatoms. The second kappa shape index (κ2) is 7.35. The molecule has 0 spiro atoms. The molecular weight excluding hydrogens is 322 g/mol. The van der Waals surface area contributed by atoms with Crippen molar-refractivity contribution in [3.05, 3.63) is 54.6 Å². The maximum atomic E-state index is 12.1. The van der Waals surface area contributed by atoms with Crippen LogP contribution in [0.15, 0.2) is 69.3 Å². The lowest BCUT2D eigenvalue weighted by Gasteiger charge is -2.12. The van der Waals surface area contributed by atoms with Crippen molar-refractivity contribution in [1.82, 2.24) is 4.72 Å².